The lowest BCUT2D eigenvalue weighted by molar-refractivity contribution is -0.133. The summed E-state index contributed by atoms with van der Waals surface area (Å²) in [5.74, 6) is -2.37. The Bertz CT molecular complexity index is 1650. The normalized spacial score (nSPS) is 25.9. The predicted molar refractivity (Wildman–Crippen MR) is 182 cm³/mol. The number of carbonyl (C=O) groups excluding carboxylic acids is 4. The molecule has 0 aromatic heterocycles. The zero-order valence-electron chi connectivity index (χ0n) is 27.8. The van der Waals surface area contributed by atoms with Gasteiger partial charge < -0.3 is 20.7 Å². The lowest BCUT2D eigenvalue weighted by Gasteiger charge is -2.27. The van der Waals surface area contributed by atoms with Crippen LogP contribution < -0.4 is 20.7 Å². The number of carbonyl (C=O) groups is 4. The molecule has 0 radical (unpaired) electrons. The van der Waals surface area contributed by atoms with Crippen LogP contribution in [-0.4, -0.2) is 60.7 Å². The Morgan fingerprint density at radius 3 is 2.38 bits per heavy atom. The molecule has 11 nitrogen and oxygen atoms in total. The van der Waals surface area contributed by atoms with Crippen LogP contribution in [0.15, 0.2) is 66.7 Å². The summed E-state index contributed by atoms with van der Waals surface area (Å²) in [5.41, 5.74) is 0.417. The number of ether oxygens (including phenoxy) is 1. The van der Waals surface area contributed by atoms with Gasteiger partial charge >= 0.3 is 6.09 Å². The minimum Gasteiger partial charge on any atom is -0.444 e. The number of rotatable bonds is 7. The van der Waals surface area contributed by atoms with Crippen molar-refractivity contribution in [3.63, 3.8) is 0 Å². The minimum absolute atomic E-state index is 0.0793. The fourth-order valence-electron chi connectivity index (χ4n) is 5.96. The van der Waals surface area contributed by atoms with E-state index in [1.54, 1.807) is 20.8 Å². The number of alkyl carbamates (subject to hydrolysis) is 1. The van der Waals surface area contributed by atoms with Crippen LogP contribution >= 0.6 is 0 Å². The van der Waals surface area contributed by atoms with Gasteiger partial charge in [-0.2, -0.15) is 0 Å². The molecular weight excluding hydrogens is 632 g/mol. The highest BCUT2D eigenvalue weighted by molar-refractivity contribution is 7.91. The molecule has 2 saturated carbocycles. The summed E-state index contributed by atoms with van der Waals surface area (Å²) >= 11 is 0. The minimum atomic E-state index is -3.86. The van der Waals surface area contributed by atoms with Gasteiger partial charge in [-0.15, -0.1) is 0 Å². The first-order valence-corrected chi connectivity index (χ1v) is 18.3. The molecule has 2 aromatic rings. The van der Waals surface area contributed by atoms with Gasteiger partial charge in [0.2, 0.25) is 21.8 Å². The van der Waals surface area contributed by atoms with E-state index >= 15 is 0 Å². The van der Waals surface area contributed by atoms with Crippen molar-refractivity contribution in [3.8, 4) is 11.1 Å². The highest BCUT2D eigenvalue weighted by Gasteiger charge is 2.61. The van der Waals surface area contributed by atoms with Crippen LogP contribution in [0.5, 0.6) is 0 Å². The second kappa shape index (κ2) is 14.5. The van der Waals surface area contributed by atoms with Gasteiger partial charge in [0.25, 0.3) is 5.91 Å². The number of benzene rings is 2. The smallest absolute Gasteiger partial charge is 0.408 e. The number of sulfonamides is 1. The van der Waals surface area contributed by atoms with Crippen LogP contribution in [0.4, 0.5) is 4.79 Å². The molecule has 4 N–H and O–H groups in total. The molecule has 1 heterocycles. The Hall–Kier alpha value is -4.19. The summed E-state index contributed by atoms with van der Waals surface area (Å²) in [6.45, 7) is 5.19. The van der Waals surface area contributed by atoms with Crippen molar-refractivity contribution in [2.45, 2.75) is 107 Å². The molecule has 0 spiro atoms. The average molecular weight is 679 g/mol. The molecule has 0 saturated heterocycles. The molecule has 48 heavy (non-hydrogen) atoms. The zero-order chi connectivity index (χ0) is 34.5. The van der Waals surface area contributed by atoms with Crippen molar-refractivity contribution in [2.24, 2.45) is 5.92 Å². The van der Waals surface area contributed by atoms with E-state index in [1.165, 1.54) is 0 Å². The first-order valence-electron chi connectivity index (χ1n) is 16.7. The third kappa shape index (κ3) is 9.24. The molecule has 2 aromatic carbocycles. The summed E-state index contributed by atoms with van der Waals surface area (Å²) < 4.78 is 33.1. The molecular formula is C36H46N4O7S. The van der Waals surface area contributed by atoms with E-state index in [1.807, 2.05) is 66.7 Å². The second-order valence-corrected chi connectivity index (χ2v) is 16.0. The van der Waals surface area contributed by atoms with Gasteiger partial charge in [-0.1, -0.05) is 79.6 Å². The number of hydrogen-bond acceptors (Lipinski definition) is 7. The van der Waals surface area contributed by atoms with E-state index < -0.39 is 68.2 Å². The highest BCUT2D eigenvalue weighted by Crippen LogP contribution is 2.45. The molecule has 2 aliphatic carbocycles. The van der Waals surface area contributed by atoms with E-state index in [-0.39, 0.29) is 12.8 Å². The lowest BCUT2D eigenvalue weighted by Crippen LogP contribution is -2.59. The van der Waals surface area contributed by atoms with Crippen molar-refractivity contribution in [2.75, 3.05) is 0 Å². The molecule has 2 fully saturated rings. The third-order valence-corrected chi connectivity index (χ3v) is 10.6. The number of nitrogens with one attached hydrogen (secondary N) is 4. The standard InChI is InChI=1S/C36H46N4O7S/c1-35(2,3)47-34(44)38-29-18-11-6-4-5-10-17-27-23-36(27,33(43)40-48(45,46)28-19-20-28)39-32(42)30(37-31(29)41)22-24-13-12-16-26(21-24)25-14-8-7-9-15-25/h7-10,12-17,21,27-30H,4-6,11,18-20,22-23H2,1-3H3,(H,37,41)(H,38,44)(H,39,42)(H,40,43)/b17-10-/t27-,29+,30+,36-/m1/s1. The highest BCUT2D eigenvalue weighted by atomic mass is 32.2. The summed E-state index contributed by atoms with van der Waals surface area (Å²) in [4.78, 5) is 54.3. The summed E-state index contributed by atoms with van der Waals surface area (Å²) in [7, 11) is -3.86. The lowest BCUT2D eigenvalue weighted by atomic mass is 9.98. The number of amides is 4. The van der Waals surface area contributed by atoms with Crippen LogP contribution in [0.2, 0.25) is 0 Å². The predicted octanol–water partition coefficient (Wildman–Crippen LogP) is 4.28. The number of allylic oxidation sites excluding steroid dienone is 1. The van der Waals surface area contributed by atoms with Crippen molar-refractivity contribution in [1.29, 1.82) is 0 Å². The SMILES string of the molecule is CC(C)(C)OC(=O)N[C@H]1CCCCC/C=C\[C@@H]2C[C@@]2(C(=O)NS(=O)(=O)C2CC2)NC(=O)[C@H](Cc2cccc(-c3ccccc3)c2)NC1=O. The quantitative estimate of drug-likeness (QED) is 0.318. The molecule has 5 rings (SSSR count). The fraction of sp³-hybridized carbons (Fsp3) is 0.500. The summed E-state index contributed by atoms with van der Waals surface area (Å²) in [6, 6.07) is 15.2. The van der Waals surface area contributed by atoms with Crippen molar-refractivity contribution in [3.05, 3.63) is 72.3 Å². The van der Waals surface area contributed by atoms with Crippen molar-refractivity contribution in [1.82, 2.24) is 20.7 Å². The van der Waals surface area contributed by atoms with Crippen molar-refractivity contribution < 1.29 is 32.3 Å². The molecule has 3 aliphatic rings. The van der Waals surface area contributed by atoms with Crippen LogP contribution in [0.3, 0.4) is 0 Å². The fourth-order valence-corrected chi connectivity index (χ4v) is 7.33. The Morgan fingerprint density at radius 2 is 1.67 bits per heavy atom. The maximum absolute atomic E-state index is 14.1. The van der Waals surface area contributed by atoms with Crippen LogP contribution in [0.1, 0.15) is 77.7 Å². The number of fused-ring (bicyclic) bond motifs is 1. The third-order valence-electron chi connectivity index (χ3n) is 8.81. The Balaban J connectivity index is 1.44. The summed E-state index contributed by atoms with van der Waals surface area (Å²) in [5, 5.41) is 7.77. The molecule has 4 amide bonds. The van der Waals surface area contributed by atoms with E-state index in [0.717, 1.165) is 29.5 Å². The number of hydrogen-bond donors (Lipinski definition) is 4. The maximum Gasteiger partial charge on any atom is 0.408 e. The first kappa shape index (κ1) is 35.1. The molecule has 1 aliphatic heterocycles. The first-order chi connectivity index (χ1) is 22.8. The van der Waals surface area contributed by atoms with E-state index in [4.69, 9.17) is 4.74 Å². The maximum atomic E-state index is 14.1. The largest absolute Gasteiger partial charge is 0.444 e. The van der Waals surface area contributed by atoms with Gasteiger partial charge in [0, 0.05) is 12.3 Å². The topological polar surface area (TPSA) is 160 Å². The van der Waals surface area contributed by atoms with E-state index in [9.17, 15) is 27.6 Å². The van der Waals surface area contributed by atoms with Gasteiger partial charge in [0.05, 0.1) is 5.25 Å². The van der Waals surface area contributed by atoms with Gasteiger partial charge in [-0.05, 0) is 76.0 Å². The van der Waals surface area contributed by atoms with Crippen molar-refractivity contribution >= 4 is 33.8 Å². The van der Waals surface area contributed by atoms with E-state index in [0.29, 0.717) is 32.1 Å². The monoisotopic (exact) mass is 678 g/mol. The Kier molecular flexibility index (Phi) is 10.6. The zero-order valence-corrected chi connectivity index (χ0v) is 28.6. The second-order valence-electron chi connectivity index (χ2n) is 14.0. The molecule has 4 atom stereocenters. The molecule has 0 bridgehead atoms. The van der Waals surface area contributed by atoms with Crippen LogP contribution in [-0.2, 0) is 35.6 Å². The average Bonchev–Trinajstić information content (AvgIpc) is 3.95. The Morgan fingerprint density at radius 1 is 0.938 bits per heavy atom. The van der Waals surface area contributed by atoms with Gasteiger partial charge in [0.1, 0.15) is 23.2 Å². The molecule has 258 valence electrons. The molecule has 0 unspecified atom stereocenters. The van der Waals surface area contributed by atoms with E-state index in [2.05, 4.69) is 20.7 Å². The summed E-state index contributed by atoms with van der Waals surface area (Å²) in [6.07, 6.45) is 7.64. The van der Waals surface area contributed by atoms with Crippen LogP contribution in [0.25, 0.3) is 11.1 Å². The van der Waals surface area contributed by atoms with Crippen LogP contribution in [0, 0.1) is 5.92 Å². The molecule has 12 heteroatoms. The Labute approximate surface area is 282 Å². The van der Waals surface area contributed by atoms with Gasteiger partial charge in [0.15, 0.2) is 0 Å². The van der Waals surface area contributed by atoms with Gasteiger partial charge in [-0.3, -0.25) is 19.1 Å². The van der Waals surface area contributed by atoms with Gasteiger partial charge in [-0.25, -0.2) is 13.2 Å².